The van der Waals surface area contributed by atoms with Crippen molar-refractivity contribution in [3.05, 3.63) is 57.1 Å². The van der Waals surface area contributed by atoms with Crippen molar-refractivity contribution in [2.24, 2.45) is 0 Å². The number of non-ortho nitro benzene ring substituents is 1. The second-order valence-electron chi connectivity index (χ2n) is 5.08. The van der Waals surface area contributed by atoms with Gasteiger partial charge in [0.1, 0.15) is 11.5 Å². The lowest BCUT2D eigenvalue weighted by molar-refractivity contribution is -0.384. The van der Waals surface area contributed by atoms with E-state index >= 15 is 0 Å². The number of anilines is 1. The molecule has 0 saturated heterocycles. The monoisotopic (exact) mass is 408 g/mol. The van der Waals surface area contributed by atoms with Crippen LogP contribution in [0.15, 0.2) is 46.9 Å². The Morgan fingerprint density at radius 3 is 2.60 bits per heavy atom. The minimum atomic E-state index is -0.527. The lowest BCUT2D eigenvalue weighted by Crippen LogP contribution is -2.20. The van der Waals surface area contributed by atoms with Crippen molar-refractivity contribution in [3.63, 3.8) is 0 Å². The molecule has 0 radical (unpaired) electrons. The normalized spacial score (nSPS) is 10.2. The van der Waals surface area contributed by atoms with Gasteiger partial charge < -0.3 is 14.8 Å². The zero-order valence-corrected chi connectivity index (χ0v) is 15.1. The topological polar surface area (TPSA) is 90.7 Å². The highest BCUT2D eigenvalue weighted by molar-refractivity contribution is 9.10. The molecule has 2 aromatic rings. The number of rotatable bonds is 8. The lowest BCUT2D eigenvalue weighted by atomic mass is 10.3. The molecule has 0 spiro atoms. The standard InChI is InChI=1S/C17H17BrN2O5/c1-2-8-24-13-4-3-5-14(10-13)25-11-17(21)19-16-9-12(20(22)23)6-7-15(16)18/h3-7,9-10H,2,8,11H2,1H3,(H,19,21). The molecule has 0 fully saturated rings. The number of nitrogens with one attached hydrogen (secondary N) is 1. The number of carbonyl (C=O) groups excluding carboxylic acids is 1. The summed E-state index contributed by atoms with van der Waals surface area (Å²) in [5, 5.41) is 13.4. The van der Waals surface area contributed by atoms with Gasteiger partial charge in [0.05, 0.1) is 17.2 Å². The average Bonchev–Trinajstić information content (AvgIpc) is 2.60. The van der Waals surface area contributed by atoms with Crippen LogP contribution in [0.5, 0.6) is 11.5 Å². The predicted octanol–water partition coefficient (Wildman–Crippen LogP) is 4.16. The van der Waals surface area contributed by atoms with Gasteiger partial charge in [-0.25, -0.2) is 0 Å². The highest BCUT2D eigenvalue weighted by atomic mass is 79.9. The Balaban J connectivity index is 1.95. The summed E-state index contributed by atoms with van der Waals surface area (Å²) < 4.78 is 11.5. The highest BCUT2D eigenvalue weighted by Gasteiger charge is 2.12. The fourth-order valence-electron chi connectivity index (χ4n) is 1.93. The number of hydrogen-bond acceptors (Lipinski definition) is 5. The Morgan fingerprint density at radius 2 is 1.92 bits per heavy atom. The molecule has 0 atom stereocenters. The molecule has 0 unspecified atom stereocenters. The molecule has 8 heteroatoms. The molecule has 0 bridgehead atoms. The van der Waals surface area contributed by atoms with Crippen molar-refractivity contribution in [2.75, 3.05) is 18.5 Å². The van der Waals surface area contributed by atoms with Crippen LogP contribution >= 0.6 is 15.9 Å². The van der Waals surface area contributed by atoms with Crippen LogP contribution in [-0.2, 0) is 4.79 Å². The first kappa shape index (κ1) is 18.7. The first-order valence-electron chi connectivity index (χ1n) is 7.59. The van der Waals surface area contributed by atoms with Gasteiger partial charge in [0.15, 0.2) is 6.61 Å². The van der Waals surface area contributed by atoms with Crippen LogP contribution in [0.2, 0.25) is 0 Å². The lowest BCUT2D eigenvalue weighted by Gasteiger charge is -2.10. The van der Waals surface area contributed by atoms with Crippen molar-refractivity contribution in [1.82, 2.24) is 0 Å². The molecule has 0 heterocycles. The van der Waals surface area contributed by atoms with Crippen molar-refractivity contribution in [3.8, 4) is 11.5 Å². The van der Waals surface area contributed by atoms with Gasteiger partial charge in [-0.2, -0.15) is 0 Å². The van der Waals surface area contributed by atoms with Gasteiger partial charge in [-0.15, -0.1) is 0 Å². The molecule has 25 heavy (non-hydrogen) atoms. The van der Waals surface area contributed by atoms with E-state index < -0.39 is 10.8 Å². The summed E-state index contributed by atoms with van der Waals surface area (Å²) >= 11 is 3.24. The van der Waals surface area contributed by atoms with Crippen molar-refractivity contribution < 1.29 is 19.2 Å². The Kier molecular flexibility index (Phi) is 6.76. The Morgan fingerprint density at radius 1 is 1.20 bits per heavy atom. The fourth-order valence-corrected chi connectivity index (χ4v) is 2.28. The van der Waals surface area contributed by atoms with Crippen LogP contribution in [0.3, 0.4) is 0 Å². The van der Waals surface area contributed by atoms with Gasteiger partial charge >= 0.3 is 0 Å². The number of halogens is 1. The Labute approximate surface area is 153 Å². The van der Waals surface area contributed by atoms with Gasteiger partial charge in [0.2, 0.25) is 0 Å². The van der Waals surface area contributed by atoms with Crippen molar-refractivity contribution in [2.45, 2.75) is 13.3 Å². The maximum atomic E-state index is 12.0. The first-order chi connectivity index (χ1) is 12.0. The average molecular weight is 409 g/mol. The fraction of sp³-hybridized carbons (Fsp3) is 0.235. The minimum absolute atomic E-state index is 0.111. The zero-order chi connectivity index (χ0) is 18.2. The van der Waals surface area contributed by atoms with E-state index in [0.29, 0.717) is 28.3 Å². The molecule has 0 saturated carbocycles. The van der Waals surface area contributed by atoms with E-state index in [-0.39, 0.29) is 12.3 Å². The van der Waals surface area contributed by atoms with E-state index in [1.165, 1.54) is 18.2 Å². The SMILES string of the molecule is CCCOc1cccc(OCC(=O)Nc2cc([N+](=O)[O-])ccc2Br)c1. The van der Waals surface area contributed by atoms with E-state index in [4.69, 9.17) is 9.47 Å². The molecule has 0 aromatic heterocycles. The second kappa shape index (κ2) is 9.03. The largest absolute Gasteiger partial charge is 0.493 e. The van der Waals surface area contributed by atoms with Crippen molar-refractivity contribution >= 4 is 33.2 Å². The van der Waals surface area contributed by atoms with Crippen LogP contribution in [0.4, 0.5) is 11.4 Å². The van der Waals surface area contributed by atoms with E-state index in [9.17, 15) is 14.9 Å². The Hall–Kier alpha value is -2.61. The summed E-state index contributed by atoms with van der Waals surface area (Å²) in [6.07, 6.45) is 0.894. The maximum absolute atomic E-state index is 12.0. The van der Waals surface area contributed by atoms with E-state index in [1.54, 1.807) is 18.2 Å². The molecular formula is C17H17BrN2O5. The molecule has 2 rings (SSSR count). The zero-order valence-electron chi connectivity index (χ0n) is 13.5. The number of nitro groups is 1. The summed E-state index contributed by atoms with van der Waals surface area (Å²) in [4.78, 5) is 22.3. The molecule has 2 aromatic carbocycles. The third-order valence-electron chi connectivity index (χ3n) is 3.08. The predicted molar refractivity (Wildman–Crippen MR) is 97.1 cm³/mol. The summed E-state index contributed by atoms with van der Waals surface area (Å²) in [6.45, 7) is 2.38. The quantitative estimate of drug-likeness (QED) is 0.522. The van der Waals surface area contributed by atoms with E-state index in [1.807, 2.05) is 13.0 Å². The molecule has 132 valence electrons. The summed E-state index contributed by atoms with van der Waals surface area (Å²) in [5.41, 5.74) is 0.197. The number of carbonyl (C=O) groups is 1. The number of benzene rings is 2. The summed E-state index contributed by atoms with van der Waals surface area (Å²) in [5.74, 6) is 0.740. The number of nitro benzene ring substituents is 1. The molecule has 0 aliphatic heterocycles. The van der Waals surface area contributed by atoms with E-state index in [0.717, 1.165) is 6.42 Å². The number of ether oxygens (including phenoxy) is 2. The summed E-state index contributed by atoms with van der Waals surface area (Å²) in [7, 11) is 0. The second-order valence-corrected chi connectivity index (χ2v) is 5.94. The summed E-state index contributed by atoms with van der Waals surface area (Å²) in [6, 6.07) is 11.1. The smallest absolute Gasteiger partial charge is 0.271 e. The van der Waals surface area contributed by atoms with Crippen LogP contribution in [0, 0.1) is 10.1 Å². The molecule has 1 amide bonds. The van der Waals surface area contributed by atoms with Crippen LogP contribution in [-0.4, -0.2) is 24.0 Å². The maximum Gasteiger partial charge on any atom is 0.271 e. The van der Waals surface area contributed by atoms with Gasteiger partial charge in [0.25, 0.3) is 11.6 Å². The van der Waals surface area contributed by atoms with Gasteiger partial charge in [-0.3, -0.25) is 14.9 Å². The molecule has 0 aliphatic rings. The van der Waals surface area contributed by atoms with Gasteiger partial charge in [-0.1, -0.05) is 13.0 Å². The van der Waals surface area contributed by atoms with Crippen molar-refractivity contribution in [1.29, 1.82) is 0 Å². The molecule has 1 N–H and O–H groups in total. The molecule has 7 nitrogen and oxygen atoms in total. The number of amides is 1. The Bertz CT molecular complexity index is 766. The van der Waals surface area contributed by atoms with Gasteiger partial charge in [0, 0.05) is 22.7 Å². The van der Waals surface area contributed by atoms with Crippen LogP contribution in [0.1, 0.15) is 13.3 Å². The first-order valence-corrected chi connectivity index (χ1v) is 8.38. The minimum Gasteiger partial charge on any atom is -0.493 e. The number of nitrogens with zero attached hydrogens (tertiary/aromatic N) is 1. The van der Waals surface area contributed by atoms with Gasteiger partial charge in [-0.05, 0) is 40.5 Å². The van der Waals surface area contributed by atoms with Crippen LogP contribution < -0.4 is 14.8 Å². The highest BCUT2D eigenvalue weighted by Crippen LogP contribution is 2.27. The molecular weight excluding hydrogens is 392 g/mol. The third-order valence-corrected chi connectivity index (χ3v) is 3.77. The third kappa shape index (κ3) is 5.75. The number of hydrogen-bond donors (Lipinski definition) is 1. The van der Waals surface area contributed by atoms with Crippen LogP contribution in [0.25, 0.3) is 0 Å². The van der Waals surface area contributed by atoms with E-state index in [2.05, 4.69) is 21.2 Å². The molecule has 0 aliphatic carbocycles.